The topological polar surface area (TPSA) is 72.2 Å². The summed E-state index contributed by atoms with van der Waals surface area (Å²) in [5, 5.41) is 0. The summed E-state index contributed by atoms with van der Waals surface area (Å²) in [7, 11) is -3.64. The van der Waals surface area contributed by atoms with Crippen molar-refractivity contribution in [1.29, 1.82) is 0 Å². The van der Waals surface area contributed by atoms with Gasteiger partial charge in [-0.1, -0.05) is 0 Å². The van der Waals surface area contributed by atoms with Gasteiger partial charge in [-0.15, -0.1) is 0 Å². The third kappa shape index (κ3) is 2.36. The number of benzene rings is 1. The molecule has 1 aliphatic rings. The Morgan fingerprint density at radius 3 is 2.62 bits per heavy atom. The third-order valence-electron chi connectivity index (χ3n) is 2.24. The number of rotatable bonds is 3. The summed E-state index contributed by atoms with van der Waals surface area (Å²) in [6.45, 7) is 0. The summed E-state index contributed by atoms with van der Waals surface area (Å²) < 4.78 is 39.3. The van der Waals surface area contributed by atoms with Crippen molar-refractivity contribution >= 4 is 31.6 Å². The second-order valence-corrected chi connectivity index (χ2v) is 6.24. The molecule has 1 aromatic carbocycles. The van der Waals surface area contributed by atoms with Gasteiger partial charge >= 0.3 is 0 Å². The molecule has 0 radical (unpaired) electrons. The highest BCUT2D eigenvalue weighted by atomic mass is 79.9. The van der Waals surface area contributed by atoms with Crippen molar-refractivity contribution < 1.29 is 12.8 Å². The highest BCUT2D eigenvalue weighted by Gasteiger charge is 2.29. The van der Waals surface area contributed by atoms with Crippen LogP contribution in [0.5, 0.6) is 0 Å². The highest BCUT2D eigenvalue weighted by Crippen LogP contribution is 2.28. The van der Waals surface area contributed by atoms with E-state index < -0.39 is 15.8 Å². The van der Waals surface area contributed by atoms with Crippen LogP contribution in [-0.2, 0) is 10.0 Å². The largest absolute Gasteiger partial charge is 0.398 e. The molecule has 3 N–H and O–H groups in total. The van der Waals surface area contributed by atoms with Gasteiger partial charge in [0.1, 0.15) is 10.7 Å². The Kier molecular flexibility index (Phi) is 2.93. The van der Waals surface area contributed by atoms with E-state index in [1.54, 1.807) is 0 Å². The van der Waals surface area contributed by atoms with Gasteiger partial charge in [0.25, 0.3) is 0 Å². The van der Waals surface area contributed by atoms with E-state index in [2.05, 4.69) is 20.7 Å². The van der Waals surface area contributed by atoms with E-state index in [0.29, 0.717) is 0 Å². The number of nitrogen functional groups attached to an aromatic ring is 1. The number of halogens is 2. The van der Waals surface area contributed by atoms with E-state index >= 15 is 0 Å². The first-order valence-electron chi connectivity index (χ1n) is 4.67. The molecule has 1 fully saturated rings. The van der Waals surface area contributed by atoms with Crippen LogP contribution in [0.3, 0.4) is 0 Å². The molecule has 0 amide bonds. The van der Waals surface area contributed by atoms with E-state index in [0.717, 1.165) is 18.9 Å². The molecule has 7 heteroatoms. The van der Waals surface area contributed by atoms with Crippen LogP contribution in [0.25, 0.3) is 0 Å². The van der Waals surface area contributed by atoms with Gasteiger partial charge < -0.3 is 5.73 Å². The van der Waals surface area contributed by atoms with E-state index in [1.165, 1.54) is 6.07 Å². The fraction of sp³-hybridized carbons (Fsp3) is 0.333. The standard InChI is InChI=1S/C9H10BrFN2O2S/c10-6-3-9(8(12)4-7(6)11)16(14,15)13-5-1-2-5/h3-5,13H,1-2,12H2. The molecule has 0 bridgehead atoms. The lowest BCUT2D eigenvalue weighted by atomic mass is 10.3. The molecule has 1 saturated carbocycles. The van der Waals surface area contributed by atoms with Gasteiger partial charge in [-0.25, -0.2) is 17.5 Å². The molecule has 88 valence electrons. The number of hydrogen-bond donors (Lipinski definition) is 2. The average molecular weight is 309 g/mol. The number of nitrogens with one attached hydrogen (secondary N) is 1. The fourth-order valence-electron chi connectivity index (χ4n) is 1.26. The normalized spacial score (nSPS) is 16.4. The molecule has 1 aromatic rings. The minimum Gasteiger partial charge on any atom is -0.398 e. The van der Waals surface area contributed by atoms with Crippen molar-refractivity contribution in [3.05, 3.63) is 22.4 Å². The maximum absolute atomic E-state index is 13.1. The molecule has 0 heterocycles. The molecule has 16 heavy (non-hydrogen) atoms. The Morgan fingerprint density at radius 1 is 1.44 bits per heavy atom. The SMILES string of the molecule is Nc1cc(F)c(Br)cc1S(=O)(=O)NC1CC1. The number of nitrogens with two attached hydrogens (primary N) is 1. The Bertz CT molecular complexity index is 529. The first-order valence-corrected chi connectivity index (χ1v) is 6.94. The van der Waals surface area contributed by atoms with Gasteiger partial charge in [-0.3, -0.25) is 0 Å². The summed E-state index contributed by atoms with van der Waals surface area (Å²) in [6, 6.07) is 2.16. The predicted octanol–water partition coefficient (Wildman–Crippen LogP) is 1.61. The minimum absolute atomic E-state index is 0.00627. The Labute approximate surface area is 101 Å². The zero-order valence-corrected chi connectivity index (χ0v) is 10.6. The van der Waals surface area contributed by atoms with Gasteiger partial charge in [0.05, 0.1) is 10.2 Å². The summed E-state index contributed by atoms with van der Waals surface area (Å²) in [5.74, 6) is -0.581. The summed E-state index contributed by atoms with van der Waals surface area (Å²) >= 11 is 2.93. The highest BCUT2D eigenvalue weighted by molar-refractivity contribution is 9.10. The van der Waals surface area contributed by atoms with Crippen LogP contribution >= 0.6 is 15.9 Å². The number of hydrogen-bond acceptors (Lipinski definition) is 3. The first kappa shape index (κ1) is 11.8. The van der Waals surface area contributed by atoms with E-state index in [1.807, 2.05) is 0 Å². The molecular weight excluding hydrogens is 299 g/mol. The lowest BCUT2D eigenvalue weighted by molar-refractivity contribution is 0.580. The third-order valence-corrected chi connectivity index (χ3v) is 4.43. The minimum atomic E-state index is -3.64. The molecule has 0 atom stereocenters. The van der Waals surface area contributed by atoms with Crippen LogP contribution in [0.4, 0.5) is 10.1 Å². The molecule has 0 aliphatic heterocycles. The van der Waals surface area contributed by atoms with Gasteiger partial charge in [0.2, 0.25) is 10.0 Å². The van der Waals surface area contributed by atoms with E-state index in [-0.39, 0.29) is 21.1 Å². The molecule has 0 aromatic heterocycles. The van der Waals surface area contributed by atoms with Crippen molar-refractivity contribution in [2.45, 2.75) is 23.8 Å². The Hall–Kier alpha value is -0.660. The quantitative estimate of drug-likeness (QED) is 0.833. The Balaban J connectivity index is 2.42. The van der Waals surface area contributed by atoms with Crippen LogP contribution in [0.15, 0.2) is 21.5 Å². The molecule has 2 rings (SSSR count). The average Bonchev–Trinajstić information content (AvgIpc) is 2.94. The van der Waals surface area contributed by atoms with Crippen LogP contribution in [0.2, 0.25) is 0 Å². The van der Waals surface area contributed by atoms with Crippen molar-refractivity contribution in [2.24, 2.45) is 0 Å². The lowest BCUT2D eigenvalue weighted by Gasteiger charge is -2.09. The number of anilines is 1. The van der Waals surface area contributed by atoms with Crippen LogP contribution in [0, 0.1) is 5.82 Å². The summed E-state index contributed by atoms with van der Waals surface area (Å²) in [6.07, 6.45) is 1.67. The van der Waals surface area contributed by atoms with Gasteiger partial charge in [0.15, 0.2) is 0 Å². The predicted molar refractivity (Wildman–Crippen MR) is 61.9 cm³/mol. The molecule has 4 nitrogen and oxygen atoms in total. The second kappa shape index (κ2) is 3.97. The summed E-state index contributed by atoms with van der Waals surface area (Å²) in [4.78, 5) is -0.0901. The lowest BCUT2D eigenvalue weighted by Crippen LogP contribution is -2.26. The van der Waals surface area contributed by atoms with Gasteiger partial charge in [0, 0.05) is 6.04 Å². The van der Waals surface area contributed by atoms with Gasteiger partial charge in [-0.05, 0) is 40.9 Å². The zero-order chi connectivity index (χ0) is 11.9. The maximum atomic E-state index is 13.1. The molecular formula is C9H10BrFN2O2S. The van der Waals surface area contributed by atoms with Crippen molar-refractivity contribution in [2.75, 3.05) is 5.73 Å². The second-order valence-electron chi connectivity index (χ2n) is 3.70. The smallest absolute Gasteiger partial charge is 0.242 e. The first-order chi connectivity index (χ1) is 7.40. The monoisotopic (exact) mass is 308 g/mol. The van der Waals surface area contributed by atoms with Crippen molar-refractivity contribution in [3.63, 3.8) is 0 Å². The maximum Gasteiger partial charge on any atom is 0.242 e. The van der Waals surface area contributed by atoms with Gasteiger partial charge in [-0.2, -0.15) is 0 Å². The van der Waals surface area contributed by atoms with Crippen LogP contribution < -0.4 is 10.5 Å². The molecule has 0 unspecified atom stereocenters. The van der Waals surface area contributed by atoms with E-state index in [9.17, 15) is 12.8 Å². The molecule has 0 spiro atoms. The van der Waals surface area contributed by atoms with Crippen molar-refractivity contribution in [3.8, 4) is 0 Å². The van der Waals surface area contributed by atoms with Crippen molar-refractivity contribution in [1.82, 2.24) is 4.72 Å². The summed E-state index contributed by atoms with van der Waals surface area (Å²) in [5.41, 5.74) is 5.40. The number of sulfonamides is 1. The van der Waals surface area contributed by atoms with E-state index in [4.69, 9.17) is 5.73 Å². The Morgan fingerprint density at radius 2 is 2.06 bits per heavy atom. The fourth-order valence-corrected chi connectivity index (χ4v) is 3.20. The zero-order valence-electron chi connectivity index (χ0n) is 8.20. The molecule has 1 aliphatic carbocycles. The van der Waals surface area contributed by atoms with Crippen LogP contribution in [-0.4, -0.2) is 14.5 Å². The van der Waals surface area contributed by atoms with Crippen LogP contribution in [0.1, 0.15) is 12.8 Å². The molecule has 0 saturated heterocycles.